The van der Waals surface area contributed by atoms with E-state index in [1.807, 2.05) is 0 Å². The van der Waals surface area contributed by atoms with Crippen LogP contribution in [0.4, 0.5) is 0 Å². The van der Waals surface area contributed by atoms with Gasteiger partial charge in [-0.3, -0.25) is 4.90 Å². The molecule has 0 bridgehead atoms. The predicted molar refractivity (Wildman–Crippen MR) is 118 cm³/mol. The number of nitrogens with zero attached hydrogens (tertiary/aromatic N) is 1. The van der Waals surface area contributed by atoms with Crippen molar-refractivity contribution < 1.29 is 9.84 Å². The van der Waals surface area contributed by atoms with Crippen LogP contribution in [0.5, 0.6) is 0 Å². The van der Waals surface area contributed by atoms with Crippen molar-refractivity contribution in [3.8, 4) is 0 Å². The summed E-state index contributed by atoms with van der Waals surface area (Å²) in [6.07, 6.45) is 5.95. The first-order valence-electron chi connectivity index (χ1n) is 11.3. The van der Waals surface area contributed by atoms with Crippen molar-refractivity contribution in [3.05, 3.63) is 71.3 Å². The highest BCUT2D eigenvalue weighted by molar-refractivity contribution is 5.34. The fourth-order valence-corrected chi connectivity index (χ4v) is 5.31. The van der Waals surface area contributed by atoms with Crippen LogP contribution in [-0.4, -0.2) is 42.9 Å². The minimum Gasteiger partial charge on any atom is -0.384 e. The Morgan fingerprint density at radius 2 is 1.62 bits per heavy atom. The Morgan fingerprint density at radius 3 is 2.28 bits per heavy atom. The van der Waals surface area contributed by atoms with Gasteiger partial charge in [-0.15, -0.1) is 0 Å². The molecular formula is C26H35NO2. The van der Waals surface area contributed by atoms with Gasteiger partial charge in [-0.25, -0.2) is 0 Å². The van der Waals surface area contributed by atoms with Crippen molar-refractivity contribution in [2.75, 3.05) is 32.8 Å². The molecule has 1 saturated heterocycles. The van der Waals surface area contributed by atoms with E-state index >= 15 is 0 Å². The molecule has 1 heterocycles. The highest BCUT2D eigenvalue weighted by Crippen LogP contribution is 2.48. The van der Waals surface area contributed by atoms with Crippen LogP contribution in [-0.2, 0) is 10.3 Å². The van der Waals surface area contributed by atoms with E-state index in [1.165, 1.54) is 30.4 Å². The summed E-state index contributed by atoms with van der Waals surface area (Å²) in [6.45, 7) is 6.44. The van der Waals surface area contributed by atoms with Crippen LogP contribution in [0.2, 0.25) is 0 Å². The van der Waals surface area contributed by atoms with Gasteiger partial charge >= 0.3 is 0 Å². The lowest BCUT2D eigenvalue weighted by Gasteiger charge is -2.46. The monoisotopic (exact) mass is 393 g/mol. The van der Waals surface area contributed by atoms with E-state index in [4.69, 9.17) is 4.74 Å². The van der Waals surface area contributed by atoms with Crippen LogP contribution < -0.4 is 0 Å². The van der Waals surface area contributed by atoms with Gasteiger partial charge in [-0.2, -0.15) is 0 Å². The van der Waals surface area contributed by atoms with E-state index in [2.05, 4.69) is 66.4 Å². The molecule has 0 amide bonds. The van der Waals surface area contributed by atoms with Crippen molar-refractivity contribution in [2.45, 2.75) is 50.5 Å². The van der Waals surface area contributed by atoms with Crippen LogP contribution >= 0.6 is 0 Å². The number of rotatable bonds is 6. The zero-order valence-electron chi connectivity index (χ0n) is 17.7. The number of hydrogen-bond acceptors (Lipinski definition) is 3. The smallest absolute Gasteiger partial charge is 0.100 e. The second kappa shape index (κ2) is 9.42. The second-order valence-corrected chi connectivity index (χ2v) is 8.90. The van der Waals surface area contributed by atoms with E-state index in [1.54, 1.807) is 0 Å². The van der Waals surface area contributed by atoms with Gasteiger partial charge < -0.3 is 9.84 Å². The average molecular weight is 394 g/mol. The number of morpholine rings is 1. The zero-order valence-corrected chi connectivity index (χ0v) is 17.7. The molecule has 156 valence electrons. The molecule has 0 aromatic heterocycles. The molecule has 0 radical (unpaired) electrons. The standard InChI is InChI=1S/C26H35NO2/c1-21-12-14-24(15-13-21)26(28,23-10-6-3-7-11-23)25(22-8-4-2-5-9-22)20-27-16-18-29-19-17-27/h2,4-5,8-9,12-15,23,25,28H,3,6-7,10-11,16-20H2,1H3/t25-,26-/m0/s1. The summed E-state index contributed by atoms with van der Waals surface area (Å²) >= 11 is 0. The summed E-state index contributed by atoms with van der Waals surface area (Å²) in [5.74, 6) is 0.345. The molecule has 0 spiro atoms. The number of ether oxygens (including phenoxy) is 1. The molecule has 2 fully saturated rings. The molecule has 1 aliphatic heterocycles. The third kappa shape index (κ3) is 4.58. The Kier molecular flexibility index (Phi) is 6.69. The van der Waals surface area contributed by atoms with E-state index in [-0.39, 0.29) is 5.92 Å². The summed E-state index contributed by atoms with van der Waals surface area (Å²) in [5, 5.41) is 12.6. The predicted octanol–water partition coefficient (Wildman–Crippen LogP) is 4.88. The number of aliphatic hydroxyl groups is 1. The van der Waals surface area contributed by atoms with E-state index in [0.717, 1.165) is 51.3 Å². The number of benzene rings is 2. The first-order valence-corrected chi connectivity index (χ1v) is 11.3. The van der Waals surface area contributed by atoms with Crippen LogP contribution in [0.3, 0.4) is 0 Å². The molecule has 3 nitrogen and oxygen atoms in total. The highest BCUT2D eigenvalue weighted by atomic mass is 16.5. The lowest BCUT2D eigenvalue weighted by molar-refractivity contribution is -0.0758. The second-order valence-electron chi connectivity index (χ2n) is 8.90. The van der Waals surface area contributed by atoms with Crippen molar-refractivity contribution in [1.29, 1.82) is 0 Å². The molecule has 1 saturated carbocycles. The van der Waals surface area contributed by atoms with Crippen molar-refractivity contribution in [3.63, 3.8) is 0 Å². The number of aryl methyl sites for hydroxylation is 1. The third-order valence-electron chi connectivity index (χ3n) is 7.02. The fraction of sp³-hybridized carbons (Fsp3) is 0.538. The maximum Gasteiger partial charge on any atom is 0.100 e. The summed E-state index contributed by atoms with van der Waals surface area (Å²) in [4.78, 5) is 2.48. The topological polar surface area (TPSA) is 32.7 Å². The van der Waals surface area contributed by atoms with Gasteiger partial charge in [-0.05, 0) is 36.8 Å². The van der Waals surface area contributed by atoms with Gasteiger partial charge in [-0.1, -0.05) is 79.4 Å². The minimum absolute atomic E-state index is 0.0487. The Bertz CT molecular complexity index is 748. The first-order chi connectivity index (χ1) is 14.2. The van der Waals surface area contributed by atoms with Gasteiger partial charge in [0.05, 0.1) is 13.2 Å². The lowest BCUT2D eigenvalue weighted by Crippen LogP contribution is -2.48. The fourth-order valence-electron chi connectivity index (χ4n) is 5.31. The molecule has 2 aromatic rings. The van der Waals surface area contributed by atoms with Crippen LogP contribution in [0.25, 0.3) is 0 Å². The summed E-state index contributed by atoms with van der Waals surface area (Å²) < 4.78 is 5.58. The molecule has 1 N–H and O–H groups in total. The molecule has 1 aliphatic carbocycles. The van der Waals surface area contributed by atoms with Crippen molar-refractivity contribution >= 4 is 0 Å². The molecular weight excluding hydrogens is 358 g/mol. The van der Waals surface area contributed by atoms with Crippen LogP contribution in [0.15, 0.2) is 54.6 Å². The maximum atomic E-state index is 12.6. The van der Waals surface area contributed by atoms with E-state index in [0.29, 0.717) is 5.92 Å². The molecule has 0 unspecified atom stereocenters. The Morgan fingerprint density at radius 1 is 0.966 bits per heavy atom. The molecule has 29 heavy (non-hydrogen) atoms. The lowest BCUT2D eigenvalue weighted by atomic mass is 9.65. The first kappa shape index (κ1) is 20.6. The van der Waals surface area contributed by atoms with Crippen LogP contribution in [0, 0.1) is 12.8 Å². The van der Waals surface area contributed by atoms with Gasteiger partial charge in [0.2, 0.25) is 0 Å². The Balaban J connectivity index is 1.76. The maximum absolute atomic E-state index is 12.6. The Hall–Kier alpha value is -1.68. The van der Waals surface area contributed by atoms with Crippen molar-refractivity contribution in [1.82, 2.24) is 4.90 Å². The SMILES string of the molecule is Cc1ccc([C@@](O)(C2CCCCC2)[C@@H](CN2CCOCC2)c2ccccc2)cc1. The van der Waals surface area contributed by atoms with Crippen LogP contribution in [0.1, 0.15) is 54.7 Å². The summed E-state index contributed by atoms with van der Waals surface area (Å²) in [5.41, 5.74) is 2.71. The van der Waals surface area contributed by atoms with Gasteiger partial charge in [0, 0.05) is 25.6 Å². The summed E-state index contributed by atoms with van der Waals surface area (Å²) in [7, 11) is 0. The quantitative estimate of drug-likeness (QED) is 0.759. The zero-order chi connectivity index (χ0) is 20.1. The van der Waals surface area contributed by atoms with Gasteiger partial charge in [0.1, 0.15) is 5.60 Å². The minimum atomic E-state index is -0.853. The summed E-state index contributed by atoms with van der Waals surface area (Å²) in [6, 6.07) is 19.3. The largest absolute Gasteiger partial charge is 0.384 e. The van der Waals surface area contributed by atoms with Gasteiger partial charge in [0.25, 0.3) is 0 Å². The third-order valence-corrected chi connectivity index (χ3v) is 7.02. The normalized spacial score (nSPS) is 22.1. The molecule has 2 aromatic carbocycles. The molecule has 4 rings (SSSR count). The van der Waals surface area contributed by atoms with E-state index in [9.17, 15) is 5.11 Å². The molecule has 3 heteroatoms. The van der Waals surface area contributed by atoms with Crippen molar-refractivity contribution in [2.24, 2.45) is 5.92 Å². The Labute approximate surface area is 175 Å². The highest BCUT2D eigenvalue weighted by Gasteiger charge is 2.46. The van der Waals surface area contributed by atoms with Gasteiger partial charge in [0.15, 0.2) is 0 Å². The number of hydrogen-bond donors (Lipinski definition) is 1. The molecule has 2 aliphatic rings. The van der Waals surface area contributed by atoms with E-state index < -0.39 is 5.60 Å². The molecule has 2 atom stereocenters. The average Bonchev–Trinajstić information content (AvgIpc) is 2.79.